The molecule has 0 aliphatic rings. The van der Waals surface area contributed by atoms with Gasteiger partial charge in [-0.15, -0.1) is 0 Å². The van der Waals surface area contributed by atoms with Gasteiger partial charge in [0.05, 0.1) is 13.7 Å². The number of anilines is 2. The van der Waals surface area contributed by atoms with Gasteiger partial charge in [0, 0.05) is 17.6 Å². The van der Waals surface area contributed by atoms with Crippen molar-refractivity contribution < 1.29 is 9.47 Å². The van der Waals surface area contributed by atoms with Crippen molar-refractivity contribution in [3.05, 3.63) is 71.5 Å². The number of benzene rings is 2. The Bertz CT molecular complexity index is 841. The van der Waals surface area contributed by atoms with Crippen molar-refractivity contribution in [2.75, 3.05) is 30.9 Å². The summed E-state index contributed by atoms with van der Waals surface area (Å²) in [6, 6.07) is 17.0. The summed E-state index contributed by atoms with van der Waals surface area (Å²) in [6.45, 7) is 1.80. The maximum Gasteiger partial charge on any atom is 0.131 e. The van der Waals surface area contributed by atoms with E-state index in [1.807, 2.05) is 54.6 Å². The van der Waals surface area contributed by atoms with Crippen LogP contribution in [0.4, 0.5) is 11.6 Å². The second-order valence-corrected chi connectivity index (χ2v) is 6.16. The summed E-state index contributed by atoms with van der Waals surface area (Å²) in [4.78, 5) is 8.45. The summed E-state index contributed by atoms with van der Waals surface area (Å²) in [5, 5.41) is 7.22. The molecule has 0 aliphatic heterocycles. The molecule has 0 aliphatic carbocycles. The number of halogens is 1. The molecule has 0 amide bonds. The van der Waals surface area contributed by atoms with Gasteiger partial charge in [-0.05, 0) is 42.0 Å². The lowest BCUT2D eigenvalue weighted by Crippen LogP contribution is -2.13. The molecule has 27 heavy (non-hydrogen) atoms. The first kappa shape index (κ1) is 18.8. The van der Waals surface area contributed by atoms with Crippen LogP contribution in [-0.2, 0) is 6.54 Å². The molecule has 0 saturated heterocycles. The summed E-state index contributed by atoms with van der Waals surface area (Å²) in [6.07, 6.45) is 1.52. The normalized spacial score (nSPS) is 10.3. The third-order valence-corrected chi connectivity index (χ3v) is 4.04. The summed E-state index contributed by atoms with van der Waals surface area (Å²) in [5.41, 5.74) is 1.13. The number of aromatic nitrogens is 2. The molecule has 0 atom stereocenters. The number of ether oxygens (including phenoxy) is 2. The Balaban J connectivity index is 1.43. The minimum atomic E-state index is 0.518. The molecule has 140 valence electrons. The Morgan fingerprint density at radius 1 is 0.889 bits per heavy atom. The Kier molecular flexibility index (Phi) is 6.71. The fraction of sp³-hybridized carbons (Fsp3) is 0.200. The van der Waals surface area contributed by atoms with Gasteiger partial charge in [0.15, 0.2) is 0 Å². The third kappa shape index (κ3) is 6.04. The van der Waals surface area contributed by atoms with E-state index in [1.165, 1.54) is 6.33 Å². The SMILES string of the molecule is COc1ccc(OCCNc2cc(NCc3ccc(Cl)cc3)ncn2)cc1. The Labute approximate surface area is 163 Å². The quantitative estimate of drug-likeness (QED) is 0.538. The molecule has 0 saturated carbocycles. The van der Waals surface area contributed by atoms with Gasteiger partial charge >= 0.3 is 0 Å². The molecular formula is C20H21ClN4O2. The topological polar surface area (TPSA) is 68.3 Å². The molecule has 2 aromatic carbocycles. The number of nitrogens with zero attached hydrogens (tertiary/aromatic N) is 2. The van der Waals surface area contributed by atoms with Crippen molar-refractivity contribution in [2.24, 2.45) is 0 Å². The van der Waals surface area contributed by atoms with Crippen molar-refractivity contribution >= 4 is 23.2 Å². The van der Waals surface area contributed by atoms with Crippen LogP contribution in [0, 0.1) is 0 Å². The van der Waals surface area contributed by atoms with Crippen molar-refractivity contribution in [3.8, 4) is 11.5 Å². The van der Waals surface area contributed by atoms with E-state index in [1.54, 1.807) is 7.11 Å². The number of rotatable bonds is 9. The minimum Gasteiger partial charge on any atom is -0.497 e. The highest BCUT2D eigenvalue weighted by Gasteiger charge is 2.00. The molecule has 7 heteroatoms. The van der Waals surface area contributed by atoms with Gasteiger partial charge in [-0.25, -0.2) is 9.97 Å². The lowest BCUT2D eigenvalue weighted by atomic mass is 10.2. The van der Waals surface area contributed by atoms with Gasteiger partial charge in [0.1, 0.15) is 36.1 Å². The predicted octanol–water partition coefficient (Wildman–Crippen LogP) is 4.24. The average molecular weight is 385 g/mol. The van der Waals surface area contributed by atoms with Crippen molar-refractivity contribution in [3.63, 3.8) is 0 Å². The monoisotopic (exact) mass is 384 g/mol. The van der Waals surface area contributed by atoms with E-state index in [9.17, 15) is 0 Å². The van der Waals surface area contributed by atoms with Crippen LogP contribution < -0.4 is 20.1 Å². The van der Waals surface area contributed by atoms with Crippen molar-refractivity contribution in [1.29, 1.82) is 0 Å². The molecule has 0 bridgehead atoms. The van der Waals surface area contributed by atoms with Crippen LogP contribution >= 0.6 is 11.6 Å². The van der Waals surface area contributed by atoms with Gasteiger partial charge in [0.2, 0.25) is 0 Å². The highest BCUT2D eigenvalue weighted by atomic mass is 35.5. The first-order chi connectivity index (χ1) is 13.2. The summed E-state index contributed by atoms with van der Waals surface area (Å²) >= 11 is 5.90. The zero-order valence-electron chi connectivity index (χ0n) is 15.0. The van der Waals surface area contributed by atoms with E-state index in [-0.39, 0.29) is 0 Å². The van der Waals surface area contributed by atoms with Crippen LogP contribution in [0.15, 0.2) is 60.9 Å². The lowest BCUT2D eigenvalue weighted by Gasteiger charge is -2.10. The minimum absolute atomic E-state index is 0.518. The second-order valence-electron chi connectivity index (χ2n) is 5.72. The highest BCUT2D eigenvalue weighted by Crippen LogP contribution is 2.17. The van der Waals surface area contributed by atoms with Crippen LogP contribution in [0.3, 0.4) is 0 Å². The summed E-state index contributed by atoms with van der Waals surface area (Å²) in [7, 11) is 1.64. The van der Waals surface area contributed by atoms with Crippen LogP contribution in [0.5, 0.6) is 11.5 Å². The molecule has 3 rings (SSSR count). The zero-order chi connectivity index (χ0) is 18.9. The molecule has 0 radical (unpaired) electrons. The molecule has 2 N–H and O–H groups in total. The second kappa shape index (κ2) is 9.64. The summed E-state index contributed by atoms with van der Waals surface area (Å²) in [5.74, 6) is 3.09. The van der Waals surface area contributed by atoms with E-state index >= 15 is 0 Å². The van der Waals surface area contributed by atoms with E-state index in [4.69, 9.17) is 21.1 Å². The predicted molar refractivity (Wildman–Crippen MR) is 108 cm³/mol. The standard InChI is InChI=1S/C20H21ClN4O2/c1-26-17-6-8-18(9-7-17)27-11-10-22-19-12-20(25-14-24-19)23-13-15-2-4-16(21)5-3-15/h2-9,12,14H,10-11,13H2,1H3,(H2,22,23,24,25). The molecule has 3 aromatic rings. The van der Waals surface area contributed by atoms with Crippen molar-refractivity contribution in [2.45, 2.75) is 6.54 Å². The first-order valence-electron chi connectivity index (χ1n) is 8.54. The van der Waals surface area contributed by atoms with Crippen LogP contribution in [0.2, 0.25) is 5.02 Å². The van der Waals surface area contributed by atoms with E-state index in [2.05, 4.69) is 20.6 Å². The molecular weight excluding hydrogens is 364 g/mol. The molecule has 6 nitrogen and oxygen atoms in total. The number of nitrogens with one attached hydrogen (secondary N) is 2. The van der Waals surface area contributed by atoms with Crippen molar-refractivity contribution in [1.82, 2.24) is 9.97 Å². The fourth-order valence-corrected chi connectivity index (χ4v) is 2.49. The zero-order valence-corrected chi connectivity index (χ0v) is 15.7. The van der Waals surface area contributed by atoms with Crippen LogP contribution in [0.25, 0.3) is 0 Å². The smallest absolute Gasteiger partial charge is 0.131 e. The van der Waals surface area contributed by atoms with Gasteiger partial charge in [-0.1, -0.05) is 23.7 Å². The molecule has 0 fully saturated rings. The van der Waals surface area contributed by atoms with Gasteiger partial charge in [-0.3, -0.25) is 0 Å². The first-order valence-corrected chi connectivity index (χ1v) is 8.92. The van der Waals surface area contributed by atoms with E-state index in [0.29, 0.717) is 19.7 Å². The largest absolute Gasteiger partial charge is 0.497 e. The number of hydrogen-bond donors (Lipinski definition) is 2. The number of methoxy groups -OCH3 is 1. The Morgan fingerprint density at radius 2 is 1.56 bits per heavy atom. The van der Waals surface area contributed by atoms with E-state index in [0.717, 1.165) is 33.7 Å². The maximum atomic E-state index is 5.90. The van der Waals surface area contributed by atoms with Crippen LogP contribution in [-0.4, -0.2) is 30.2 Å². The van der Waals surface area contributed by atoms with E-state index < -0.39 is 0 Å². The van der Waals surface area contributed by atoms with Gasteiger partial charge in [0.25, 0.3) is 0 Å². The highest BCUT2D eigenvalue weighted by molar-refractivity contribution is 6.30. The Morgan fingerprint density at radius 3 is 2.26 bits per heavy atom. The molecule has 1 aromatic heterocycles. The fourth-order valence-electron chi connectivity index (χ4n) is 2.37. The van der Waals surface area contributed by atoms with Gasteiger partial charge < -0.3 is 20.1 Å². The molecule has 1 heterocycles. The molecule has 0 unspecified atom stereocenters. The maximum absolute atomic E-state index is 5.90. The van der Waals surface area contributed by atoms with Gasteiger partial charge in [-0.2, -0.15) is 0 Å². The molecule has 0 spiro atoms. The lowest BCUT2D eigenvalue weighted by molar-refractivity contribution is 0.331. The number of hydrogen-bond acceptors (Lipinski definition) is 6. The van der Waals surface area contributed by atoms with Crippen LogP contribution in [0.1, 0.15) is 5.56 Å². The third-order valence-electron chi connectivity index (χ3n) is 3.79. The summed E-state index contributed by atoms with van der Waals surface area (Å²) < 4.78 is 10.8. The Hall–Kier alpha value is -2.99. The average Bonchev–Trinajstić information content (AvgIpc) is 2.71.